The van der Waals surface area contributed by atoms with Crippen LogP contribution in [-0.4, -0.2) is 39.5 Å². The standard InChI is InChI=1S/C29H36N4O3S2/c1-6-17-33-25(19-13-15-20(16-14-19)29(2,3)4)31-32-28(33)37-18-23(34)30-26-24(27(35)36-5)21-11-9-7-8-10-12-22(21)38-26/h6,13-16H,1,7-12,17-18H2,2-5H3,(H,30,34). The van der Waals surface area contributed by atoms with Crippen LogP contribution in [0.4, 0.5) is 5.00 Å². The number of aryl methyl sites for hydroxylation is 1. The largest absolute Gasteiger partial charge is 0.465 e. The van der Waals surface area contributed by atoms with Crippen molar-refractivity contribution < 1.29 is 14.3 Å². The Kier molecular flexibility index (Phi) is 9.10. The Morgan fingerprint density at radius 2 is 1.84 bits per heavy atom. The van der Waals surface area contributed by atoms with Crippen molar-refractivity contribution in [1.29, 1.82) is 0 Å². The van der Waals surface area contributed by atoms with Crippen molar-refractivity contribution in [2.45, 2.75) is 76.4 Å². The van der Waals surface area contributed by atoms with E-state index in [1.807, 2.05) is 4.57 Å². The van der Waals surface area contributed by atoms with E-state index >= 15 is 0 Å². The number of hydrogen-bond donors (Lipinski definition) is 1. The second-order valence-electron chi connectivity index (χ2n) is 10.5. The number of amides is 1. The summed E-state index contributed by atoms with van der Waals surface area (Å²) in [7, 11) is 1.39. The van der Waals surface area contributed by atoms with Crippen molar-refractivity contribution >= 4 is 40.0 Å². The number of methoxy groups -OCH3 is 1. The highest BCUT2D eigenvalue weighted by molar-refractivity contribution is 7.99. The molecule has 0 radical (unpaired) electrons. The van der Waals surface area contributed by atoms with Crippen LogP contribution in [0.5, 0.6) is 0 Å². The molecule has 1 aromatic carbocycles. The van der Waals surface area contributed by atoms with Crippen molar-refractivity contribution in [3.8, 4) is 11.4 Å². The van der Waals surface area contributed by atoms with Gasteiger partial charge in [0.05, 0.1) is 18.4 Å². The number of nitrogens with zero attached hydrogens (tertiary/aromatic N) is 3. The molecule has 1 N–H and O–H groups in total. The molecule has 0 unspecified atom stereocenters. The molecule has 2 heterocycles. The van der Waals surface area contributed by atoms with Gasteiger partial charge >= 0.3 is 5.97 Å². The average Bonchev–Trinajstić information content (AvgIpc) is 3.42. The van der Waals surface area contributed by atoms with Crippen molar-refractivity contribution in [2.24, 2.45) is 0 Å². The number of allylic oxidation sites excluding steroid dienone is 1. The van der Waals surface area contributed by atoms with E-state index in [0.717, 1.165) is 49.1 Å². The number of anilines is 1. The Labute approximate surface area is 233 Å². The van der Waals surface area contributed by atoms with Gasteiger partial charge in [-0.1, -0.05) is 75.7 Å². The summed E-state index contributed by atoms with van der Waals surface area (Å²) in [5.74, 6) is 0.290. The molecule has 202 valence electrons. The topological polar surface area (TPSA) is 86.1 Å². The molecule has 0 saturated carbocycles. The Morgan fingerprint density at radius 1 is 1.13 bits per heavy atom. The minimum absolute atomic E-state index is 0.0652. The van der Waals surface area contributed by atoms with Crippen LogP contribution in [0.2, 0.25) is 0 Å². The molecule has 0 bridgehead atoms. The third-order valence-electron chi connectivity index (χ3n) is 6.68. The molecular weight excluding hydrogens is 516 g/mol. The molecule has 3 aromatic rings. The predicted octanol–water partition coefficient (Wildman–Crippen LogP) is 6.67. The van der Waals surface area contributed by atoms with Gasteiger partial charge in [-0.25, -0.2) is 4.79 Å². The van der Waals surface area contributed by atoms with Crippen LogP contribution < -0.4 is 5.32 Å². The molecule has 0 saturated heterocycles. The normalized spacial score (nSPS) is 13.8. The lowest BCUT2D eigenvalue weighted by Crippen LogP contribution is -2.17. The van der Waals surface area contributed by atoms with E-state index in [1.165, 1.54) is 47.1 Å². The molecule has 1 amide bonds. The Morgan fingerprint density at radius 3 is 2.50 bits per heavy atom. The van der Waals surface area contributed by atoms with Gasteiger partial charge in [0.25, 0.3) is 0 Å². The van der Waals surface area contributed by atoms with Crippen molar-refractivity contribution in [1.82, 2.24) is 14.8 Å². The summed E-state index contributed by atoms with van der Waals surface area (Å²) >= 11 is 2.82. The molecule has 0 fully saturated rings. The summed E-state index contributed by atoms with van der Waals surface area (Å²) < 4.78 is 7.04. The lowest BCUT2D eigenvalue weighted by Gasteiger charge is -2.19. The van der Waals surface area contributed by atoms with Gasteiger partial charge in [0, 0.05) is 17.0 Å². The Balaban J connectivity index is 1.50. The molecule has 1 aliphatic carbocycles. The minimum atomic E-state index is -0.390. The number of carbonyl (C=O) groups is 2. The zero-order valence-corrected chi connectivity index (χ0v) is 24.3. The number of fused-ring (bicyclic) bond motifs is 1. The zero-order chi connectivity index (χ0) is 27.3. The van der Waals surface area contributed by atoms with Crippen LogP contribution in [0, 0.1) is 0 Å². The van der Waals surface area contributed by atoms with Gasteiger partial charge in [-0.2, -0.15) is 0 Å². The first kappa shape index (κ1) is 28.1. The van der Waals surface area contributed by atoms with Crippen LogP contribution in [0.3, 0.4) is 0 Å². The molecule has 0 aliphatic heterocycles. The lowest BCUT2D eigenvalue weighted by atomic mass is 9.87. The van der Waals surface area contributed by atoms with Crippen molar-refractivity contribution in [3.63, 3.8) is 0 Å². The third-order valence-corrected chi connectivity index (χ3v) is 8.86. The van der Waals surface area contributed by atoms with E-state index in [2.05, 4.69) is 67.1 Å². The van der Waals surface area contributed by atoms with Crippen LogP contribution in [0.15, 0.2) is 42.1 Å². The first-order chi connectivity index (χ1) is 18.2. The van der Waals surface area contributed by atoms with E-state index < -0.39 is 0 Å². The van der Waals surface area contributed by atoms with E-state index in [-0.39, 0.29) is 23.0 Å². The minimum Gasteiger partial charge on any atom is -0.465 e. The molecule has 1 aliphatic rings. The summed E-state index contributed by atoms with van der Waals surface area (Å²) in [5.41, 5.74) is 3.83. The van der Waals surface area contributed by atoms with Crippen molar-refractivity contribution in [2.75, 3.05) is 18.2 Å². The van der Waals surface area contributed by atoms with Crippen LogP contribution in [0.1, 0.15) is 72.8 Å². The van der Waals surface area contributed by atoms with Crippen LogP contribution in [-0.2, 0) is 34.3 Å². The number of benzene rings is 1. The molecular formula is C29H36N4O3S2. The molecule has 0 spiro atoms. The van der Waals surface area contributed by atoms with Crippen LogP contribution in [0.25, 0.3) is 11.4 Å². The van der Waals surface area contributed by atoms with Gasteiger partial charge in [-0.15, -0.1) is 28.1 Å². The molecule has 4 rings (SSSR count). The zero-order valence-electron chi connectivity index (χ0n) is 22.6. The van der Waals surface area contributed by atoms with Gasteiger partial charge in [0.15, 0.2) is 11.0 Å². The highest BCUT2D eigenvalue weighted by Gasteiger charge is 2.26. The maximum absolute atomic E-state index is 13.0. The molecule has 2 aromatic heterocycles. The van der Waals surface area contributed by atoms with Gasteiger partial charge < -0.3 is 10.1 Å². The number of thiophene rings is 1. The number of hydrogen-bond acceptors (Lipinski definition) is 7. The Hall–Kier alpha value is -2.91. The third kappa shape index (κ3) is 6.38. The maximum atomic E-state index is 13.0. The fourth-order valence-electron chi connectivity index (χ4n) is 4.64. The van der Waals surface area contributed by atoms with E-state index in [4.69, 9.17) is 4.74 Å². The summed E-state index contributed by atoms with van der Waals surface area (Å²) in [6, 6.07) is 8.35. The Bertz CT molecular complexity index is 1300. The summed E-state index contributed by atoms with van der Waals surface area (Å²) in [6.45, 7) is 11.0. The first-order valence-corrected chi connectivity index (χ1v) is 14.8. The number of esters is 1. The number of thioether (sulfide) groups is 1. The van der Waals surface area contributed by atoms with E-state index in [1.54, 1.807) is 6.08 Å². The SMILES string of the molecule is C=CCn1c(SCC(=O)Nc2sc3c(c2C(=O)OC)CCCCCC3)nnc1-c1ccc(C(C)(C)C)cc1. The number of aromatic nitrogens is 3. The molecule has 38 heavy (non-hydrogen) atoms. The number of nitrogens with one attached hydrogen (secondary N) is 1. The maximum Gasteiger partial charge on any atom is 0.341 e. The van der Waals surface area contributed by atoms with E-state index in [0.29, 0.717) is 22.3 Å². The van der Waals surface area contributed by atoms with Gasteiger partial charge in [-0.05, 0) is 42.2 Å². The summed E-state index contributed by atoms with van der Waals surface area (Å²) in [4.78, 5) is 26.9. The number of ether oxygens (including phenoxy) is 1. The molecule has 9 heteroatoms. The highest BCUT2D eigenvalue weighted by Crippen LogP contribution is 2.38. The number of rotatable bonds is 8. The second-order valence-corrected chi connectivity index (χ2v) is 12.5. The fraction of sp³-hybridized carbons (Fsp3) is 0.448. The smallest absolute Gasteiger partial charge is 0.341 e. The molecule has 7 nitrogen and oxygen atoms in total. The van der Waals surface area contributed by atoms with Crippen LogP contribution >= 0.6 is 23.1 Å². The van der Waals surface area contributed by atoms with E-state index in [9.17, 15) is 9.59 Å². The monoisotopic (exact) mass is 552 g/mol. The van der Waals surface area contributed by atoms with Gasteiger partial charge in [0.1, 0.15) is 5.00 Å². The predicted molar refractivity (Wildman–Crippen MR) is 155 cm³/mol. The fourth-order valence-corrected chi connectivity index (χ4v) is 6.68. The quantitative estimate of drug-likeness (QED) is 0.191. The second kappa shape index (κ2) is 12.3. The first-order valence-electron chi connectivity index (χ1n) is 13.0. The highest BCUT2D eigenvalue weighted by atomic mass is 32.2. The summed E-state index contributed by atoms with van der Waals surface area (Å²) in [6.07, 6.45) is 8.04. The molecule has 0 atom stereocenters. The summed E-state index contributed by atoms with van der Waals surface area (Å²) in [5, 5.41) is 13.0. The average molecular weight is 553 g/mol. The van der Waals surface area contributed by atoms with Gasteiger partial charge in [0.2, 0.25) is 5.91 Å². The number of carbonyl (C=O) groups excluding carboxylic acids is 2. The van der Waals surface area contributed by atoms with Crippen molar-refractivity contribution in [3.05, 3.63) is 58.5 Å². The lowest BCUT2D eigenvalue weighted by molar-refractivity contribution is -0.113. The van der Waals surface area contributed by atoms with Gasteiger partial charge in [-0.3, -0.25) is 9.36 Å².